The molecule has 0 aromatic heterocycles. The molecule has 1 aromatic rings. The van der Waals surface area contributed by atoms with Gasteiger partial charge in [0.1, 0.15) is 0 Å². The largest absolute Gasteiger partial charge is 0.394 e. The van der Waals surface area contributed by atoms with E-state index >= 15 is 0 Å². The average Bonchev–Trinajstić information content (AvgIpc) is 2.38. The van der Waals surface area contributed by atoms with E-state index in [9.17, 15) is 5.11 Å². The Morgan fingerprint density at radius 2 is 2.12 bits per heavy atom. The molecular formula is C14H21NO. The minimum absolute atomic E-state index is 0.276. The standard InChI is InChI=1S/C14H21NO/c1-2-12-7-3-4-9-14(12)15-10-6-5-8-13(15)11-16/h3-4,7,9,13,16H,2,5-6,8,10-11H2,1H3. The summed E-state index contributed by atoms with van der Waals surface area (Å²) in [6.07, 6.45) is 4.67. The first-order chi connectivity index (χ1) is 7.86. The Balaban J connectivity index is 2.26. The van der Waals surface area contributed by atoms with Crippen molar-refractivity contribution in [2.24, 2.45) is 0 Å². The van der Waals surface area contributed by atoms with E-state index in [1.165, 1.54) is 24.1 Å². The van der Waals surface area contributed by atoms with Crippen molar-refractivity contribution in [1.29, 1.82) is 0 Å². The summed E-state index contributed by atoms with van der Waals surface area (Å²) in [6, 6.07) is 8.89. The van der Waals surface area contributed by atoms with Crippen LogP contribution in [0.25, 0.3) is 0 Å². The highest BCUT2D eigenvalue weighted by Gasteiger charge is 2.22. The lowest BCUT2D eigenvalue weighted by Gasteiger charge is -2.37. The molecule has 16 heavy (non-hydrogen) atoms. The average molecular weight is 219 g/mol. The molecule has 88 valence electrons. The molecule has 1 unspecified atom stereocenters. The maximum absolute atomic E-state index is 9.44. The third kappa shape index (κ3) is 2.22. The molecule has 1 N–H and O–H groups in total. The summed E-state index contributed by atoms with van der Waals surface area (Å²) in [7, 11) is 0. The van der Waals surface area contributed by atoms with Gasteiger partial charge in [0.25, 0.3) is 0 Å². The Kier molecular flexibility index (Phi) is 3.83. The monoisotopic (exact) mass is 219 g/mol. The van der Waals surface area contributed by atoms with Crippen LogP contribution in [0.3, 0.4) is 0 Å². The van der Waals surface area contributed by atoms with E-state index in [1.807, 2.05) is 0 Å². The Hall–Kier alpha value is -1.02. The summed E-state index contributed by atoms with van der Waals surface area (Å²) >= 11 is 0. The summed E-state index contributed by atoms with van der Waals surface area (Å²) in [6.45, 7) is 3.55. The van der Waals surface area contributed by atoms with Crippen LogP contribution in [-0.2, 0) is 6.42 Å². The number of aliphatic hydroxyl groups is 1. The van der Waals surface area contributed by atoms with Gasteiger partial charge in [0.05, 0.1) is 12.6 Å². The second-order valence-corrected chi connectivity index (χ2v) is 4.51. The number of rotatable bonds is 3. The van der Waals surface area contributed by atoms with E-state index in [0.717, 1.165) is 19.4 Å². The summed E-state index contributed by atoms with van der Waals surface area (Å²) in [5, 5.41) is 9.44. The van der Waals surface area contributed by atoms with Crippen LogP contribution in [0.1, 0.15) is 31.7 Å². The van der Waals surface area contributed by atoms with Gasteiger partial charge in [-0.25, -0.2) is 0 Å². The fourth-order valence-electron chi connectivity index (χ4n) is 2.60. The lowest BCUT2D eigenvalue weighted by atomic mass is 9.99. The quantitative estimate of drug-likeness (QED) is 0.844. The van der Waals surface area contributed by atoms with E-state index in [-0.39, 0.29) is 6.61 Å². The third-order valence-corrected chi connectivity index (χ3v) is 3.52. The summed E-state index contributed by atoms with van der Waals surface area (Å²) < 4.78 is 0. The molecule has 0 spiro atoms. The Morgan fingerprint density at radius 3 is 2.88 bits per heavy atom. The van der Waals surface area contributed by atoms with Crippen molar-refractivity contribution in [1.82, 2.24) is 0 Å². The fourth-order valence-corrected chi connectivity index (χ4v) is 2.60. The van der Waals surface area contributed by atoms with E-state index < -0.39 is 0 Å². The molecule has 2 heteroatoms. The zero-order valence-electron chi connectivity index (χ0n) is 10.0. The summed E-state index contributed by atoms with van der Waals surface area (Å²) in [5.74, 6) is 0. The van der Waals surface area contributed by atoms with Crippen LogP contribution >= 0.6 is 0 Å². The third-order valence-electron chi connectivity index (χ3n) is 3.52. The highest BCUT2D eigenvalue weighted by atomic mass is 16.3. The second kappa shape index (κ2) is 5.35. The van der Waals surface area contributed by atoms with Crippen LogP contribution in [0.15, 0.2) is 24.3 Å². The van der Waals surface area contributed by atoms with Crippen molar-refractivity contribution in [3.63, 3.8) is 0 Å². The van der Waals surface area contributed by atoms with Crippen molar-refractivity contribution in [3.05, 3.63) is 29.8 Å². The molecule has 2 rings (SSSR count). The number of aliphatic hydroxyl groups excluding tert-OH is 1. The van der Waals surface area contributed by atoms with Gasteiger partial charge in [-0.1, -0.05) is 25.1 Å². The van der Waals surface area contributed by atoms with Gasteiger partial charge in [-0.05, 0) is 37.3 Å². The van der Waals surface area contributed by atoms with Crippen molar-refractivity contribution < 1.29 is 5.11 Å². The topological polar surface area (TPSA) is 23.5 Å². The van der Waals surface area contributed by atoms with Crippen LogP contribution in [0.5, 0.6) is 0 Å². The maximum atomic E-state index is 9.44. The van der Waals surface area contributed by atoms with Crippen LogP contribution < -0.4 is 4.90 Å². The van der Waals surface area contributed by atoms with Crippen LogP contribution in [-0.4, -0.2) is 24.3 Å². The predicted molar refractivity (Wildman–Crippen MR) is 67.9 cm³/mol. The number of aryl methyl sites for hydroxylation is 1. The van der Waals surface area contributed by atoms with E-state index in [2.05, 4.69) is 36.1 Å². The predicted octanol–water partition coefficient (Wildman–Crippen LogP) is 2.60. The highest BCUT2D eigenvalue weighted by molar-refractivity contribution is 5.54. The lowest BCUT2D eigenvalue weighted by Crippen LogP contribution is -2.42. The molecule has 0 amide bonds. The Morgan fingerprint density at radius 1 is 1.31 bits per heavy atom. The van der Waals surface area contributed by atoms with Gasteiger partial charge in [-0.2, -0.15) is 0 Å². The fraction of sp³-hybridized carbons (Fsp3) is 0.571. The molecule has 1 saturated heterocycles. The smallest absolute Gasteiger partial charge is 0.0635 e. The SMILES string of the molecule is CCc1ccccc1N1CCCCC1CO. The molecule has 0 bridgehead atoms. The highest BCUT2D eigenvalue weighted by Crippen LogP contribution is 2.27. The molecule has 0 saturated carbocycles. The minimum atomic E-state index is 0.276. The van der Waals surface area contributed by atoms with Crippen molar-refractivity contribution in [3.8, 4) is 0 Å². The molecule has 2 nitrogen and oxygen atoms in total. The molecule has 1 fully saturated rings. The minimum Gasteiger partial charge on any atom is -0.394 e. The van der Waals surface area contributed by atoms with Gasteiger partial charge < -0.3 is 10.0 Å². The Bertz CT molecular complexity index is 337. The molecule has 0 aliphatic carbocycles. The van der Waals surface area contributed by atoms with Crippen molar-refractivity contribution in [2.75, 3.05) is 18.1 Å². The number of para-hydroxylation sites is 1. The van der Waals surface area contributed by atoms with Crippen molar-refractivity contribution >= 4 is 5.69 Å². The first kappa shape index (κ1) is 11.5. The number of hydrogen-bond acceptors (Lipinski definition) is 2. The summed E-state index contributed by atoms with van der Waals surface area (Å²) in [4.78, 5) is 2.39. The molecule has 1 heterocycles. The zero-order chi connectivity index (χ0) is 11.4. The van der Waals surface area contributed by atoms with Gasteiger partial charge in [-0.15, -0.1) is 0 Å². The molecule has 1 aliphatic heterocycles. The van der Waals surface area contributed by atoms with Gasteiger partial charge in [-0.3, -0.25) is 0 Å². The van der Waals surface area contributed by atoms with E-state index in [4.69, 9.17) is 0 Å². The van der Waals surface area contributed by atoms with Crippen LogP contribution in [0.2, 0.25) is 0 Å². The number of anilines is 1. The number of benzene rings is 1. The number of hydrogen-bond donors (Lipinski definition) is 1. The maximum Gasteiger partial charge on any atom is 0.0635 e. The van der Waals surface area contributed by atoms with Crippen LogP contribution in [0, 0.1) is 0 Å². The number of nitrogens with zero attached hydrogens (tertiary/aromatic N) is 1. The van der Waals surface area contributed by atoms with Gasteiger partial charge >= 0.3 is 0 Å². The zero-order valence-corrected chi connectivity index (χ0v) is 10.0. The van der Waals surface area contributed by atoms with Crippen LogP contribution in [0.4, 0.5) is 5.69 Å². The molecule has 1 aliphatic rings. The molecule has 1 aromatic carbocycles. The lowest BCUT2D eigenvalue weighted by molar-refractivity contribution is 0.240. The number of piperidine rings is 1. The first-order valence-corrected chi connectivity index (χ1v) is 6.32. The van der Waals surface area contributed by atoms with Gasteiger partial charge in [0, 0.05) is 12.2 Å². The molecule has 0 radical (unpaired) electrons. The van der Waals surface area contributed by atoms with Gasteiger partial charge in [0.15, 0.2) is 0 Å². The van der Waals surface area contributed by atoms with E-state index in [0.29, 0.717) is 6.04 Å². The normalized spacial score (nSPS) is 21.1. The van der Waals surface area contributed by atoms with Gasteiger partial charge in [0.2, 0.25) is 0 Å². The Labute approximate surface area is 97.9 Å². The summed E-state index contributed by atoms with van der Waals surface area (Å²) in [5.41, 5.74) is 2.71. The van der Waals surface area contributed by atoms with E-state index in [1.54, 1.807) is 0 Å². The van der Waals surface area contributed by atoms with Crippen molar-refractivity contribution in [2.45, 2.75) is 38.6 Å². The first-order valence-electron chi connectivity index (χ1n) is 6.32. The second-order valence-electron chi connectivity index (χ2n) is 4.51. The molecular weight excluding hydrogens is 198 g/mol. The molecule has 1 atom stereocenters.